The van der Waals surface area contributed by atoms with Crippen molar-refractivity contribution >= 4 is 0 Å². The van der Waals surface area contributed by atoms with Crippen LogP contribution in [0.1, 0.15) is 28.6 Å². The van der Waals surface area contributed by atoms with Crippen molar-refractivity contribution in [1.82, 2.24) is 15.3 Å². The molecule has 0 aliphatic carbocycles. The molecule has 0 amide bonds. The van der Waals surface area contributed by atoms with Crippen LogP contribution in [0.5, 0.6) is 5.75 Å². The number of rotatable bonds is 3. The SMILES string of the molecule is CNC(c1ccc2c(c1)CCO2)c1cnc(C)cn1. The lowest BCUT2D eigenvalue weighted by Crippen LogP contribution is -2.19. The van der Waals surface area contributed by atoms with Crippen molar-refractivity contribution in [2.75, 3.05) is 13.7 Å². The summed E-state index contributed by atoms with van der Waals surface area (Å²) in [6, 6.07) is 6.40. The zero-order valence-electron chi connectivity index (χ0n) is 11.2. The van der Waals surface area contributed by atoms with E-state index in [2.05, 4.69) is 27.4 Å². The standard InChI is InChI=1S/C15H17N3O/c1-10-8-18-13(9-17-10)15(16-2)12-3-4-14-11(7-12)5-6-19-14/h3-4,7-9,15-16H,5-6H2,1-2H3. The maximum absolute atomic E-state index is 5.54. The number of benzene rings is 1. The number of aryl methyl sites for hydroxylation is 1. The smallest absolute Gasteiger partial charge is 0.122 e. The summed E-state index contributed by atoms with van der Waals surface area (Å²) in [7, 11) is 1.94. The molecule has 1 atom stereocenters. The molecule has 4 heteroatoms. The molecule has 0 bridgehead atoms. The Hall–Kier alpha value is -1.94. The molecule has 0 radical (unpaired) electrons. The van der Waals surface area contributed by atoms with Gasteiger partial charge in [-0.2, -0.15) is 0 Å². The normalized spacial score (nSPS) is 14.8. The molecule has 0 spiro atoms. The van der Waals surface area contributed by atoms with Crippen LogP contribution in [0.15, 0.2) is 30.6 Å². The molecule has 98 valence electrons. The van der Waals surface area contributed by atoms with Crippen LogP contribution in [0.4, 0.5) is 0 Å². The highest BCUT2D eigenvalue weighted by Gasteiger charge is 2.18. The average molecular weight is 255 g/mol. The van der Waals surface area contributed by atoms with Gasteiger partial charge in [-0.1, -0.05) is 12.1 Å². The lowest BCUT2D eigenvalue weighted by Gasteiger charge is -2.16. The summed E-state index contributed by atoms with van der Waals surface area (Å²) >= 11 is 0. The number of ether oxygens (including phenoxy) is 1. The topological polar surface area (TPSA) is 47.0 Å². The molecule has 0 fully saturated rings. The van der Waals surface area contributed by atoms with Gasteiger partial charge in [0.15, 0.2) is 0 Å². The van der Waals surface area contributed by atoms with Crippen molar-refractivity contribution in [1.29, 1.82) is 0 Å². The van der Waals surface area contributed by atoms with Gasteiger partial charge in [-0.15, -0.1) is 0 Å². The Morgan fingerprint density at radius 3 is 2.89 bits per heavy atom. The molecule has 2 heterocycles. The lowest BCUT2D eigenvalue weighted by molar-refractivity contribution is 0.357. The van der Waals surface area contributed by atoms with Crippen LogP contribution < -0.4 is 10.1 Å². The summed E-state index contributed by atoms with van der Waals surface area (Å²) in [5.74, 6) is 1.01. The highest BCUT2D eigenvalue weighted by molar-refractivity contribution is 5.42. The maximum Gasteiger partial charge on any atom is 0.122 e. The summed E-state index contributed by atoms with van der Waals surface area (Å²) in [6.45, 7) is 2.73. The number of nitrogens with one attached hydrogen (secondary N) is 1. The summed E-state index contributed by atoms with van der Waals surface area (Å²) in [4.78, 5) is 8.78. The van der Waals surface area contributed by atoms with Gasteiger partial charge in [-0.25, -0.2) is 0 Å². The van der Waals surface area contributed by atoms with Gasteiger partial charge in [0, 0.05) is 12.6 Å². The fraction of sp³-hybridized carbons (Fsp3) is 0.333. The fourth-order valence-electron chi connectivity index (χ4n) is 2.42. The van der Waals surface area contributed by atoms with Gasteiger partial charge in [0.1, 0.15) is 5.75 Å². The van der Waals surface area contributed by atoms with Crippen LogP contribution in [0.3, 0.4) is 0 Å². The largest absolute Gasteiger partial charge is 0.493 e. The fourth-order valence-corrected chi connectivity index (χ4v) is 2.42. The minimum absolute atomic E-state index is 0.0685. The summed E-state index contributed by atoms with van der Waals surface area (Å²) in [5, 5.41) is 3.30. The van der Waals surface area contributed by atoms with Gasteiger partial charge >= 0.3 is 0 Å². The molecule has 1 aliphatic heterocycles. The average Bonchev–Trinajstić information content (AvgIpc) is 2.89. The molecular weight excluding hydrogens is 238 g/mol. The maximum atomic E-state index is 5.54. The second-order valence-corrected chi connectivity index (χ2v) is 4.77. The lowest BCUT2D eigenvalue weighted by atomic mass is 10.0. The van der Waals surface area contributed by atoms with E-state index in [1.54, 1.807) is 6.20 Å². The molecule has 1 unspecified atom stereocenters. The molecule has 0 saturated heterocycles. The molecule has 1 N–H and O–H groups in total. The first kappa shape index (κ1) is 12.1. The monoisotopic (exact) mass is 255 g/mol. The minimum Gasteiger partial charge on any atom is -0.493 e. The number of aromatic nitrogens is 2. The van der Waals surface area contributed by atoms with Gasteiger partial charge in [0.2, 0.25) is 0 Å². The molecule has 0 saturated carbocycles. The Morgan fingerprint density at radius 1 is 1.26 bits per heavy atom. The van der Waals surface area contributed by atoms with E-state index in [1.165, 1.54) is 11.1 Å². The molecule has 2 aromatic rings. The Kier molecular flexibility index (Phi) is 3.17. The van der Waals surface area contributed by atoms with Crippen molar-refractivity contribution in [3.63, 3.8) is 0 Å². The van der Waals surface area contributed by atoms with E-state index in [1.807, 2.05) is 26.2 Å². The first-order valence-corrected chi connectivity index (χ1v) is 6.49. The van der Waals surface area contributed by atoms with Crippen molar-refractivity contribution in [3.05, 3.63) is 53.1 Å². The first-order valence-electron chi connectivity index (χ1n) is 6.49. The Balaban J connectivity index is 1.96. The van der Waals surface area contributed by atoms with E-state index in [9.17, 15) is 0 Å². The summed E-state index contributed by atoms with van der Waals surface area (Å²) in [6.07, 6.45) is 4.62. The highest BCUT2D eigenvalue weighted by Crippen LogP contribution is 2.29. The van der Waals surface area contributed by atoms with Gasteiger partial charge in [-0.3, -0.25) is 9.97 Å². The quantitative estimate of drug-likeness (QED) is 0.911. The van der Waals surface area contributed by atoms with Crippen molar-refractivity contribution in [2.24, 2.45) is 0 Å². The van der Waals surface area contributed by atoms with Crippen LogP contribution in [-0.4, -0.2) is 23.6 Å². The third-order valence-electron chi connectivity index (χ3n) is 3.43. The van der Waals surface area contributed by atoms with E-state index >= 15 is 0 Å². The molecule has 1 aromatic carbocycles. The molecular formula is C15H17N3O. The van der Waals surface area contributed by atoms with Gasteiger partial charge in [-0.05, 0) is 31.2 Å². The van der Waals surface area contributed by atoms with Gasteiger partial charge in [0.05, 0.1) is 30.2 Å². The molecule has 1 aliphatic rings. The van der Waals surface area contributed by atoms with Crippen LogP contribution in [0, 0.1) is 6.92 Å². The summed E-state index contributed by atoms with van der Waals surface area (Å²) in [5.41, 5.74) is 4.34. The van der Waals surface area contributed by atoms with E-state index < -0.39 is 0 Å². The molecule has 1 aromatic heterocycles. The first-order chi connectivity index (χ1) is 9.28. The zero-order valence-corrected chi connectivity index (χ0v) is 11.2. The van der Waals surface area contributed by atoms with E-state index in [0.29, 0.717) is 0 Å². The Morgan fingerprint density at radius 2 is 2.16 bits per heavy atom. The predicted octanol–water partition coefficient (Wildman–Crippen LogP) is 2.03. The second kappa shape index (κ2) is 4.97. The third-order valence-corrected chi connectivity index (χ3v) is 3.43. The van der Waals surface area contributed by atoms with Crippen LogP contribution in [0.25, 0.3) is 0 Å². The Labute approximate surface area is 112 Å². The van der Waals surface area contributed by atoms with E-state index in [0.717, 1.165) is 30.2 Å². The van der Waals surface area contributed by atoms with Crippen LogP contribution in [0.2, 0.25) is 0 Å². The van der Waals surface area contributed by atoms with Crippen LogP contribution in [-0.2, 0) is 6.42 Å². The van der Waals surface area contributed by atoms with E-state index in [-0.39, 0.29) is 6.04 Å². The Bertz CT molecular complexity index is 580. The van der Waals surface area contributed by atoms with E-state index in [4.69, 9.17) is 4.74 Å². The molecule has 19 heavy (non-hydrogen) atoms. The molecule has 3 rings (SSSR count). The highest BCUT2D eigenvalue weighted by atomic mass is 16.5. The number of hydrogen-bond acceptors (Lipinski definition) is 4. The number of hydrogen-bond donors (Lipinski definition) is 1. The second-order valence-electron chi connectivity index (χ2n) is 4.77. The third kappa shape index (κ3) is 2.31. The predicted molar refractivity (Wildman–Crippen MR) is 73.3 cm³/mol. The molecule has 4 nitrogen and oxygen atoms in total. The van der Waals surface area contributed by atoms with Crippen LogP contribution >= 0.6 is 0 Å². The van der Waals surface area contributed by atoms with Crippen molar-refractivity contribution in [3.8, 4) is 5.75 Å². The minimum atomic E-state index is 0.0685. The summed E-state index contributed by atoms with van der Waals surface area (Å²) < 4.78 is 5.54. The number of nitrogens with zero attached hydrogens (tertiary/aromatic N) is 2. The number of fused-ring (bicyclic) bond motifs is 1. The van der Waals surface area contributed by atoms with Crippen molar-refractivity contribution < 1.29 is 4.74 Å². The van der Waals surface area contributed by atoms with Gasteiger partial charge < -0.3 is 10.1 Å². The zero-order chi connectivity index (χ0) is 13.2. The van der Waals surface area contributed by atoms with Crippen molar-refractivity contribution in [2.45, 2.75) is 19.4 Å². The van der Waals surface area contributed by atoms with Gasteiger partial charge in [0.25, 0.3) is 0 Å².